The van der Waals surface area contributed by atoms with Crippen molar-refractivity contribution in [1.82, 2.24) is 0 Å². The van der Waals surface area contributed by atoms with Crippen LogP contribution in [0.2, 0.25) is 0 Å². The second-order valence-corrected chi connectivity index (χ2v) is 14.4. The highest BCUT2D eigenvalue weighted by atomic mass is 31.2. The molecule has 9 heteroatoms. The summed E-state index contributed by atoms with van der Waals surface area (Å²) in [6, 6.07) is 0. The number of phosphoric ester groups is 1. The highest BCUT2D eigenvalue weighted by Crippen LogP contribution is 2.43. The third kappa shape index (κ3) is 32.4. The van der Waals surface area contributed by atoms with E-state index in [1.54, 1.807) is 0 Å². The Morgan fingerprint density at radius 2 is 1.21 bits per heavy atom. The summed E-state index contributed by atoms with van der Waals surface area (Å²) >= 11 is 0. The molecule has 43 heavy (non-hydrogen) atoms. The Hall–Kier alpha value is -0.760. The Morgan fingerprint density at radius 1 is 0.698 bits per heavy atom. The van der Waals surface area contributed by atoms with Crippen molar-refractivity contribution >= 4 is 13.8 Å². The monoisotopic (exact) mass is 634 g/mol. The number of carbonyl (C=O) groups excluding carboxylic acids is 1. The minimum atomic E-state index is -4.25. The predicted octanol–water partition coefficient (Wildman–Crippen LogP) is 9.15. The van der Waals surface area contributed by atoms with Crippen LogP contribution in [0, 0.1) is 0 Å². The molecule has 0 aromatic rings. The molecule has 2 atom stereocenters. The second kappa shape index (κ2) is 28.7. The lowest BCUT2D eigenvalue weighted by atomic mass is 10.1. The molecule has 0 fully saturated rings. The zero-order valence-corrected chi connectivity index (χ0v) is 29.6. The molecule has 0 aromatic carbocycles. The number of esters is 1. The lowest BCUT2D eigenvalue weighted by molar-refractivity contribution is -0.870. The Labute approximate surface area is 265 Å². The molecule has 0 saturated heterocycles. The SMILES string of the molecule is CCCCC/C=C\CCCCCCCCOCC(COP(=O)(O)OCC[N+](C)(C)C)OC(=O)CCCCCCCCCC. The number of hydrogen-bond acceptors (Lipinski definition) is 6. The van der Waals surface area contributed by atoms with E-state index >= 15 is 0 Å². The van der Waals surface area contributed by atoms with E-state index in [1.165, 1.54) is 89.9 Å². The molecular weight excluding hydrogens is 565 g/mol. The number of phosphoric acid groups is 1. The molecule has 0 radical (unpaired) electrons. The van der Waals surface area contributed by atoms with Gasteiger partial charge in [0.25, 0.3) is 0 Å². The number of nitrogens with zero attached hydrogens (tertiary/aromatic N) is 1. The van der Waals surface area contributed by atoms with Crippen molar-refractivity contribution in [2.45, 2.75) is 148 Å². The van der Waals surface area contributed by atoms with E-state index in [0.717, 1.165) is 32.1 Å². The number of ether oxygens (including phenoxy) is 2. The highest BCUT2D eigenvalue weighted by molar-refractivity contribution is 7.47. The number of unbranched alkanes of at least 4 members (excludes halogenated alkanes) is 16. The van der Waals surface area contributed by atoms with Gasteiger partial charge in [-0.1, -0.05) is 109 Å². The molecule has 0 amide bonds. The summed E-state index contributed by atoms with van der Waals surface area (Å²) in [5.41, 5.74) is 0. The fourth-order valence-electron chi connectivity index (χ4n) is 4.54. The van der Waals surface area contributed by atoms with Gasteiger partial charge in [-0.3, -0.25) is 13.8 Å². The Kier molecular flexibility index (Phi) is 28.2. The molecular formula is C34H69NO7P+. The van der Waals surface area contributed by atoms with Gasteiger partial charge in [-0.15, -0.1) is 0 Å². The van der Waals surface area contributed by atoms with Crippen molar-refractivity contribution in [2.24, 2.45) is 0 Å². The van der Waals surface area contributed by atoms with Gasteiger partial charge in [0.05, 0.1) is 34.4 Å². The normalized spacial score (nSPS) is 14.3. The summed E-state index contributed by atoms with van der Waals surface area (Å²) in [6.45, 7) is 5.55. The Bertz CT molecular complexity index is 711. The zero-order chi connectivity index (χ0) is 32.1. The molecule has 1 N–H and O–H groups in total. The van der Waals surface area contributed by atoms with Crippen molar-refractivity contribution in [3.8, 4) is 0 Å². The summed E-state index contributed by atoms with van der Waals surface area (Å²) < 4.78 is 34.7. The standard InChI is InChI=1S/C34H68NO7P/c1-6-8-10-12-14-16-17-18-19-20-22-24-26-29-39-31-33(32-41-43(37,38)40-30-28-35(3,4)5)42-34(36)27-25-23-21-15-13-11-9-7-2/h14,16,33H,6-13,15,17-32H2,1-5H3/p+1/b16-14-. The first-order valence-electron chi connectivity index (χ1n) is 17.4. The van der Waals surface area contributed by atoms with Gasteiger partial charge in [-0.25, -0.2) is 4.57 Å². The number of rotatable bonds is 32. The minimum Gasteiger partial charge on any atom is -0.457 e. The van der Waals surface area contributed by atoms with Gasteiger partial charge in [0, 0.05) is 13.0 Å². The summed E-state index contributed by atoms with van der Waals surface area (Å²) in [4.78, 5) is 22.6. The summed E-state index contributed by atoms with van der Waals surface area (Å²) in [5, 5.41) is 0. The highest BCUT2D eigenvalue weighted by Gasteiger charge is 2.26. The summed E-state index contributed by atoms with van der Waals surface area (Å²) in [6.07, 6.45) is 26.7. The number of quaternary nitrogens is 1. The molecule has 0 aromatic heterocycles. The van der Waals surface area contributed by atoms with Crippen LogP contribution in [-0.2, 0) is 27.9 Å². The first-order chi connectivity index (χ1) is 20.6. The molecule has 0 aliphatic rings. The van der Waals surface area contributed by atoms with Gasteiger partial charge in [0.2, 0.25) is 0 Å². The van der Waals surface area contributed by atoms with Gasteiger partial charge >= 0.3 is 13.8 Å². The number of hydrogen-bond donors (Lipinski definition) is 1. The smallest absolute Gasteiger partial charge is 0.457 e. The first kappa shape index (κ1) is 42.2. The van der Waals surface area contributed by atoms with E-state index in [4.69, 9.17) is 18.5 Å². The van der Waals surface area contributed by atoms with Gasteiger partial charge in [-0.2, -0.15) is 0 Å². The van der Waals surface area contributed by atoms with Gasteiger partial charge in [0.15, 0.2) is 0 Å². The van der Waals surface area contributed by atoms with E-state index in [0.29, 0.717) is 24.1 Å². The lowest BCUT2D eigenvalue weighted by Crippen LogP contribution is -2.37. The number of allylic oxidation sites excluding steroid dienone is 2. The van der Waals surface area contributed by atoms with Crippen LogP contribution in [0.25, 0.3) is 0 Å². The van der Waals surface area contributed by atoms with E-state index in [2.05, 4.69) is 26.0 Å². The molecule has 256 valence electrons. The molecule has 0 bridgehead atoms. The van der Waals surface area contributed by atoms with Crippen LogP contribution >= 0.6 is 7.82 Å². The predicted molar refractivity (Wildman–Crippen MR) is 178 cm³/mol. The molecule has 0 spiro atoms. The molecule has 8 nitrogen and oxygen atoms in total. The molecule has 0 aliphatic carbocycles. The minimum absolute atomic E-state index is 0.0897. The first-order valence-corrected chi connectivity index (χ1v) is 18.9. The van der Waals surface area contributed by atoms with E-state index in [9.17, 15) is 14.3 Å². The van der Waals surface area contributed by atoms with E-state index in [1.807, 2.05) is 21.1 Å². The number of carbonyl (C=O) groups is 1. The van der Waals surface area contributed by atoms with Gasteiger partial charge in [0.1, 0.15) is 19.3 Å². The van der Waals surface area contributed by atoms with Crippen LogP contribution in [-0.4, -0.2) is 75.6 Å². The Balaban J connectivity index is 4.31. The molecule has 0 rings (SSSR count). The van der Waals surface area contributed by atoms with E-state index < -0.39 is 13.9 Å². The topological polar surface area (TPSA) is 91.3 Å². The maximum absolute atomic E-state index is 12.5. The van der Waals surface area contributed by atoms with Gasteiger partial charge < -0.3 is 18.9 Å². The fourth-order valence-corrected chi connectivity index (χ4v) is 5.29. The van der Waals surface area contributed by atoms with Crippen molar-refractivity contribution in [2.75, 3.05) is 54.1 Å². The fraction of sp³-hybridized carbons (Fsp3) is 0.912. The Morgan fingerprint density at radius 3 is 1.81 bits per heavy atom. The van der Waals surface area contributed by atoms with Crippen molar-refractivity contribution in [3.05, 3.63) is 12.2 Å². The average molecular weight is 635 g/mol. The molecule has 2 unspecified atom stereocenters. The third-order valence-electron chi connectivity index (χ3n) is 7.33. The van der Waals surface area contributed by atoms with E-state index in [-0.39, 0.29) is 25.8 Å². The second-order valence-electron chi connectivity index (χ2n) is 12.9. The summed E-state index contributed by atoms with van der Waals surface area (Å²) in [5.74, 6) is -0.322. The molecule has 0 aliphatic heterocycles. The lowest BCUT2D eigenvalue weighted by Gasteiger charge is -2.24. The average Bonchev–Trinajstić information content (AvgIpc) is 2.94. The van der Waals surface area contributed by atoms with Crippen LogP contribution in [0.4, 0.5) is 0 Å². The van der Waals surface area contributed by atoms with Crippen molar-refractivity contribution in [1.29, 1.82) is 0 Å². The quantitative estimate of drug-likeness (QED) is 0.0259. The van der Waals surface area contributed by atoms with Crippen LogP contribution in [0.5, 0.6) is 0 Å². The van der Waals surface area contributed by atoms with Crippen LogP contribution in [0.15, 0.2) is 12.2 Å². The van der Waals surface area contributed by atoms with Crippen LogP contribution in [0.3, 0.4) is 0 Å². The largest absolute Gasteiger partial charge is 0.472 e. The van der Waals surface area contributed by atoms with Crippen molar-refractivity contribution in [3.63, 3.8) is 0 Å². The molecule has 0 saturated carbocycles. The zero-order valence-electron chi connectivity index (χ0n) is 28.7. The maximum Gasteiger partial charge on any atom is 0.472 e. The van der Waals surface area contributed by atoms with Crippen LogP contribution in [0.1, 0.15) is 142 Å². The van der Waals surface area contributed by atoms with Crippen LogP contribution < -0.4 is 0 Å². The maximum atomic E-state index is 12.5. The van der Waals surface area contributed by atoms with Gasteiger partial charge in [-0.05, 0) is 38.5 Å². The molecule has 0 heterocycles. The summed E-state index contributed by atoms with van der Waals surface area (Å²) in [7, 11) is 1.66. The third-order valence-corrected chi connectivity index (χ3v) is 8.31. The number of likely N-dealkylation sites (N-methyl/N-ethyl adjacent to an activating group) is 1. The van der Waals surface area contributed by atoms with Crippen molar-refractivity contribution < 1.29 is 37.3 Å².